The molecule has 2 nitrogen and oxygen atoms in total. The van der Waals surface area contributed by atoms with Crippen molar-refractivity contribution >= 4 is 18.2 Å². The molecule has 0 aliphatic rings. The van der Waals surface area contributed by atoms with E-state index in [9.17, 15) is 4.79 Å². The maximum Gasteiger partial charge on any atom is 0.163 e. The van der Waals surface area contributed by atoms with Crippen LogP contribution >= 0.6 is 12.4 Å². The lowest BCUT2D eigenvalue weighted by Gasteiger charge is -2.11. The maximum atomic E-state index is 12.9. The Labute approximate surface area is 215 Å². The van der Waals surface area contributed by atoms with Gasteiger partial charge in [0.15, 0.2) is 5.78 Å². The topological polar surface area (TPSA) is 30.0 Å². The van der Waals surface area contributed by atoms with E-state index in [4.69, 9.17) is 0 Å². The van der Waals surface area contributed by atoms with Gasteiger partial charge in [0, 0.05) is 23.9 Å². The van der Waals surface area contributed by atoms with E-state index in [1.807, 2.05) is 19.1 Å². The van der Waals surface area contributed by atoms with Gasteiger partial charge in [0.25, 0.3) is 0 Å². The number of ketones is 1. The third kappa shape index (κ3) is 12.7. The van der Waals surface area contributed by atoms with Gasteiger partial charge in [-0.25, -0.2) is 0 Å². The molecule has 34 heavy (non-hydrogen) atoms. The molecular weight excluding hydrogens is 438 g/mol. The molecule has 0 saturated carbocycles. The fourth-order valence-electron chi connectivity index (χ4n) is 4.67. The number of carbonyl (C=O) groups is 1. The quantitative estimate of drug-likeness (QED) is 0.146. The average molecular weight is 486 g/mol. The number of Topliss-reactive ketones (excluding diaryl/α,β-unsaturated/α-hetero) is 1. The Bertz CT molecular complexity index is 774. The Balaban J connectivity index is 0.00000578. The number of carbonyl (C=O) groups excluding carboxylic acids is 1. The van der Waals surface area contributed by atoms with Gasteiger partial charge in [-0.05, 0) is 37.0 Å². The molecule has 3 heteroatoms. The van der Waals surface area contributed by atoms with Gasteiger partial charge in [-0.3, -0.25) is 9.78 Å². The predicted molar refractivity (Wildman–Crippen MR) is 149 cm³/mol. The number of nitrogens with zero attached hydrogens (tertiary/aromatic N) is 1. The molecule has 2 aromatic rings. The molecule has 0 bridgehead atoms. The Hall–Kier alpha value is -1.67. The molecule has 1 aromatic heterocycles. The highest BCUT2D eigenvalue weighted by Gasteiger charge is 2.14. The number of rotatable bonds is 19. The summed E-state index contributed by atoms with van der Waals surface area (Å²) in [7, 11) is 0. The second-order valence-corrected chi connectivity index (χ2v) is 9.71. The monoisotopic (exact) mass is 485 g/mol. The summed E-state index contributed by atoms with van der Waals surface area (Å²) >= 11 is 0. The highest BCUT2D eigenvalue weighted by molar-refractivity contribution is 5.97. The van der Waals surface area contributed by atoms with Crippen molar-refractivity contribution in [2.24, 2.45) is 0 Å². The predicted octanol–water partition coefficient (Wildman–Crippen LogP) is 9.85. The zero-order valence-electron chi connectivity index (χ0n) is 21.8. The van der Waals surface area contributed by atoms with Crippen LogP contribution in [0, 0.1) is 6.92 Å². The van der Waals surface area contributed by atoms with E-state index in [1.54, 1.807) is 6.20 Å². The normalized spacial score (nSPS) is 10.8. The van der Waals surface area contributed by atoms with Gasteiger partial charge in [0.2, 0.25) is 0 Å². The number of halogens is 1. The number of aromatic nitrogens is 1. The number of benzene rings is 1. The highest BCUT2D eigenvalue weighted by Crippen LogP contribution is 2.20. The van der Waals surface area contributed by atoms with E-state index in [0.717, 1.165) is 29.7 Å². The SMILES string of the molecule is CCCCCCCCCCCCCCCCCC(=O)c1ccnc(C)c1Cc1ccccc1.Cl. The van der Waals surface area contributed by atoms with Crippen molar-refractivity contribution in [3.8, 4) is 0 Å². The van der Waals surface area contributed by atoms with Crippen LogP contribution in [0.3, 0.4) is 0 Å². The van der Waals surface area contributed by atoms with Gasteiger partial charge >= 0.3 is 0 Å². The first-order valence-electron chi connectivity index (χ1n) is 13.7. The van der Waals surface area contributed by atoms with Crippen LogP contribution in [0.5, 0.6) is 0 Å². The third-order valence-electron chi connectivity index (χ3n) is 6.80. The van der Waals surface area contributed by atoms with Crippen molar-refractivity contribution in [2.45, 2.75) is 123 Å². The fraction of sp³-hybridized carbons (Fsp3) is 0.613. The molecule has 0 aliphatic heterocycles. The van der Waals surface area contributed by atoms with Crippen LogP contribution in [0.15, 0.2) is 42.6 Å². The lowest BCUT2D eigenvalue weighted by Crippen LogP contribution is -2.07. The molecule has 0 unspecified atom stereocenters. The summed E-state index contributed by atoms with van der Waals surface area (Å²) in [5, 5.41) is 0. The maximum absolute atomic E-state index is 12.9. The average Bonchev–Trinajstić information content (AvgIpc) is 2.83. The van der Waals surface area contributed by atoms with Crippen molar-refractivity contribution in [2.75, 3.05) is 0 Å². The van der Waals surface area contributed by atoms with E-state index in [-0.39, 0.29) is 18.2 Å². The first-order chi connectivity index (χ1) is 16.2. The van der Waals surface area contributed by atoms with Crippen LogP contribution in [0.4, 0.5) is 0 Å². The van der Waals surface area contributed by atoms with Crippen molar-refractivity contribution in [3.05, 3.63) is 65.0 Å². The van der Waals surface area contributed by atoms with E-state index in [2.05, 4.69) is 36.2 Å². The summed E-state index contributed by atoms with van der Waals surface area (Å²) in [5.74, 6) is 0.279. The Morgan fingerprint density at radius 3 is 1.74 bits per heavy atom. The van der Waals surface area contributed by atoms with Crippen LogP contribution in [-0.4, -0.2) is 10.8 Å². The highest BCUT2D eigenvalue weighted by atomic mass is 35.5. The molecule has 0 spiro atoms. The summed E-state index contributed by atoms with van der Waals surface area (Å²) in [6.45, 7) is 4.30. The Morgan fingerprint density at radius 2 is 1.21 bits per heavy atom. The van der Waals surface area contributed by atoms with Gasteiger partial charge in [-0.2, -0.15) is 0 Å². The van der Waals surface area contributed by atoms with Crippen LogP contribution < -0.4 is 0 Å². The van der Waals surface area contributed by atoms with Crippen molar-refractivity contribution in [3.63, 3.8) is 0 Å². The van der Waals surface area contributed by atoms with Crippen LogP contribution in [0.2, 0.25) is 0 Å². The summed E-state index contributed by atoms with van der Waals surface area (Å²) in [6.07, 6.45) is 23.4. The van der Waals surface area contributed by atoms with Gasteiger partial charge in [0.1, 0.15) is 0 Å². The molecule has 0 aliphatic carbocycles. The summed E-state index contributed by atoms with van der Waals surface area (Å²) in [5.41, 5.74) is 4.17. The first-order valence-corrected chi connectivity index (χ1v) is 13.7. The van der Waals surface area contributed by atoms with E-state index in [0.29, 0.717) is 6.42 Å². The molecule has 0 saturated heterocycles. The van der Waals surface area contributed by atoms with E-state index in [1.165, 1.54) is 95.5 Å². The molecule has 190 valence electrons. The molecule has 0 radical (unpaired) electrons. The lowest BCUT2D eigenvalue weighted by atomic mass is 9.94. The van der Waals surface area contributed by atoms with Gasteiger partial charge in [-0.15, -0.1) is 12.4 Å². The summed E-state index contributed by atoms with van der Waals surface area (Å²) < 4.78 is 0. The molecule has 2 rings (SSSR count). The largest absolute Gasteiger partial charge is 0.294 e. The van der Waals surface area contributed by atoms with Crippen molar-refractivity contribution in [1.29, 1.82) is 0 Å². The number of pyridine rings is 1. The number of aryl methyl sites for hydroxylation is 1. The molecule has 0 amide bonds. The lowest BCUT2D eigenvalue weighted by molar-refractivity contribution is 0.0978. The van der Waals surface area contributed by atoms with Crippen LogP contribution in [0.25, 0.3) is 0 Å². The van der Waals surface area contributed by atoms with E-state index >= 15 is 0 Å². The third-order valence-corrected chi connectivity index (χ3v) is 6.80. The van der Waals surface area contributed by atoms with Crippen molar-refractivity contribution < 1.29 is 4.79 Å². The zero-order valence-corrected chi connectivity index (χ0v) is 22.6. The fourth-order valence-corrected chi connectivity index (χ4v) is 4.67. The van der Waals surface area contributed by atoms with Gasteiger partial charge < -0.3 is 0 Å². The second kappa shape index (κ2) is 19.6. The second-order valence-electron chi connectivity index (χ2n) is 9.71. The molecule has 0 fully saturated rings. The molecule has 0 N–H and O–H groups in total. The molecule has 0 atom stereocenters. The molecule has 1 heterocycles. The Kier molecular flexibility index (Phi) is 17.5. The smallest absolute Gasteiger partial charge is 0.163 e. The number of hydrogen-bond acceptors (Lipinski definition) is 2. The van der Waals surface area contributed by atoms with Crippen LogP contribution in [-0.2, 0) is 6.42 Å². The minimum absolute atomic E-state index is 0. The minimum atomic E-state index is 0. The summed E-state index contributed by atoms with van der Waals surface area (Å²) in [6, 6.07) is 12.3. The number of unbranched alkanes of at least 4 members (excludes halogenated alkanes) is 14. The Morgan fingerprint density at radius 1 is 0.706 bits per heavy atom. The first kappa shape index (κ1) is 30.4. The van der Waals surface area contributed by atoms with Gasteiger partial charge in [0.05, 0.1) is 0 Å². The zero-order chi connectivity index (χ0) is 23.6. The van der Waals surface area contributed by atoms with Gasteiger partial charge in [-0.1, -0.05) is 127 Å². The summed E-state index contributed by atoms with van der Waals surface area (Å²) in [4.78, 5) is 17.4. The number of hydrogen-bond donors (Lipinski definition) is 0. The standard InChI is InChI=1S/C31H47NO.ClH/c1-3-4-5-6-7-8-9-10-11-12-13-14-15-16-20-23-31(33)29-24-25-32-27(2)30(29)26-28-21-18-17-19-22-28;/h17-19,21-22,24-25H,3-16,20,23,26H2,1-2H3;1H. The van der Waals surface area contributed by atoms with E-state index < -0.39 is 0 Å². The molecular formula is C31H48ClNO. The van der Waals surface area contributed by atoms with Crippen molar-refractivity contribution in [1.82, 2.24) is 4.98 Å². The minimum Gasteiger partial charge on any atom is -0.294 e. The van der Waals surface area contributed by atoms with Crippen LogP contribution in [0.1, 0.15) is 137 Å². The molecule has 1 aromatic carbocycles.